The first-order valence-electron chi connectivity index (χ1n) is 15.8. The molecule has 1 aromatic rings. The fourth-order valence-corrected chi connectivity index (χ4v) is 7.14. The minimum Gasteiger partial charge on any atom is -0.402 e. The van der Waals surface area contributed by atoms with E-state index in [-0.39, 0.29) is 28.7 Å². The van der Waals surface area contributed by atoms with E-state index in [2.05, 4.69) is 74.5 Å². The van der Waals surface area contributed by atoms with Crippen molar-refractivity contribution in [3.8, 4) is 0 Å². The largest absolute Gasteiger partial charge is 0.481 e. The highest BCUT2D eigenvalue weighted by atomic mass is 31.0. The number of hydrogen-bond donors (Lipinski definition) is 2. The summed E-state index contributed by atoms with van der Waals surface area (Å²) in [5.41, 5.74) is 6.96. The number of nitrogens with zero attached hydrogens (tertiary/aromatic N) is 5. The Morgan fingerprint density at radius 1 is 1.11 bits per heavy atom. The Bertz CT molecular complexity index is 1190. The number of carbonyl (C=O) groups excluding carboxylic acids is 3. The van der Waals surface area contributed by atoms with E-state index >= 15 is 0 Å². The molecular weight excluding hydrogens is 580 g/mol. The maximum Gasteiger partial charge on any atom is 0.481 e. The summed E-state index contributed by atoms with van der Waals surface area (Å²) in [6, 6.07) is -0.807. The third-order valence-corrected chi connectivity index (χ3v) is 9.64. The van der Waals surface area contributed by atoms with Crippen molar-refractivity contribution < 1.29 is 23.7 Å². The van der Waals surface area contributed by atoms with Crippen molar-refractivity contribution in [3.05, 3.63) is 34.7 Å². The van der Waals surface area contributed by atoms with Crippen molar-refractivity contribution in [2.45, 2.75) is 122 Å². The van der Waals surface area contributed by atoms with Crippen LogP contribution in [0, 0.1) is 11.3 Å². The van der Waals surface area contributed by atoms with Gasteiger partial charge in [-0.25, -0.2) is 4.98 Å². The van der Waals surface area contributed by atoms with Gasteiger partial charge in [-0.2, -0.15) is 0 Å². The van der Waals surface area contributed by atoms with E-state index in [1.807, 2.05) is 0 Å². The molecule has 1 aliphatic carbocycles. The fraction of sp³-hybridized carbons (Fsp3) is 0.767. The number of azide groups is 1. The number of Topliss-reactive ketones (excluding diaryl/α,β-unsaturated/α-hetero) is 1. The molecule has 3 rings (SSSR count). The molecule has 2 N–H and O–H groups in total. The molecule has 2 aliphatic rings. The predicted molar refractivity (Wildman–Crippen MR) is 173 cm³/mol. The highest BCUT2D eigenvalue weighted by molar-refractivity contribution is 7.16. The number of hydrogen-bond acceptors (Lipinski definition) is 8. The van der Waals surface area contributed by atoms with Gasteiger partial charge in [-0.1, -0.05) is 39.2 Å². The summed E-state index contributed by atoms with van der Waals surface area (Å²) < 4.78 is 13.8. The van der Waals surface area contributed by atoms with Gasteiger partial charge in [0, 0.05) is 36.7 Å². The van der Waals surface area contributed by atoms with Gasteiger partial charge in [0.05, 0.1) is 23.3 Å². The summed E-state index contributed by atoms with van der Waals surface area (Å²) in [5.74, 6) is -0.853. The molecule has 2 fully saturated rings. The highest BCUT2D eigenvalue weighted by Gasteiger charge is 2.67. The molecule has 5 atom stereocenters. The molecular formula is C30H49BN7O5P. The highest BCUT2D eigenvalue weighted by Crippen LogP contribution is 2.59. The topological polar surface area (TPSA) is 168 Å². The molecule has 14 heteroatoms. The zero-order chi connectivity index (χ0) is 32.4. The number of aromatic nitrogens is 2. The number of rotatable bonds is 17. The molecule has 44 heavy (non-hydrogen) atoms. The van der Waals surface area contributed by atoms with E-state index in [0.717, 1.165) is 38.5 Å². The molecule has 1 aromatic heterocycles. The zero-order valence-corrected chi connectivity index (χ0v) is 28.0. The van der Waals surface area contributed by atoms with Gasteiger partial charge in [0.15, 0.2) is 0 Å². The number of fused-ring (bicyclic) bond motifs is 1. The quantitative estimate of drug-likeness (QED) is 0.0612. The molecule has 3 unspecified atom stereocenters. The fourth-order valence-electron chi connectivity index (χ4n) is 6.81. The molecule has 0 bridgehead atoms. The standard InChI is InChI=1S/C30H49BN7O5P/c1-21(2)18-25(37-27(41)24(20-44)36-26(40)23-19-33-16-17-34-23)31-42-29(5)13-9-12-28(3,4)30(29,43-31)14-11-22(39)10-7-6-8-15-35-38-32/h16-17,19,21,24-25H,6-15,18,20,44H2,1-5H3,(H,36,40)(H,37,41)/t24-,25-,29?,30?/m0/s1. The average Bonchev–Trinajstić information content (AvgIpc) is 3.30. The lowest BCUT2D eigenvalue weighted by Crippen LogP contribution is -2.61. The Balaban J connectivity index is 1.74. The minimum absolute atomic E-state index is 0.133. The summed E-state index contributed by atoms with van der Waals surface area (Å²) in [4.78, 5) is 50.0. The van der Waals surface area contributed by atoms with Crippen molar-refractivity contribution in [1.29, 1.82) is 0 Å². The SMILES string of the molecule is CC(C)C[C@H](NC(=O)[C@H](CP)NC(=O)c1cnccn1)B1OC2(C)CCCC(C)(C)C2(CCC(=O)CCCCCN=[N+]=[N-])O1. The van der Waals surface area contributed by atoms with Gasteiger partial charge in [-0.05, 0) is 74.9 Å². The Hall–Kier alpha value is -2.59. The van der Waals surface area contributed by atoms with Crippen LogP contribution >= 0.6 is 9.24 Å². The smallest absolute Gasteiger partial charge is 0.402 e. The Kier molecular flexibility index (Phi) is 13.1. The molecule has 2 amide bonds. The average molecular weight is 630 g/mol. The molecule has 0 radical (unpaired) electrons. The van der Waals surface area contributed by atoms with E-state index in [4.69, 9.17) is 14.8 Å². The summed E-state index contributed by atoms with van der Waals surface area (Å²) in [6.07, 6.45) is 11.7. The van der Waals surface area contributed by atoms with Crippen molar-refractivity contribution in [3.63, 3.8) is 0 Å². The Labute approximate surface area is 264 Å². The molecule has 1 saturated heterocycles. The van der Waals surface area contributed by atoms with E-state index in [1.54, 1.807) is 0 Å². The van der Waals surface area contributed by atoms with Crippen LogP contribution in [0.4, 0.5) is 0 Å². The molecule has 0 aromatic carbocycles. The van der Waals surface area contributed by atoms with Crippen LogP contribution in [0.5, 0.6) is 0 Å². The van der Waals surface area contributed by atoms with Gasteiger partial charge >= 0.3 is 7.12 Å². The van der Waals surface area contributed by atoms with E-state index < -0.39 is 36.2 Å². The number of nitrogens with one attached hydrogen (secondary N) is 2. The van der Waals surface area contributed by atoms with Crippen LogP contribution in [0.3, 0.4) is 0 Å². The molecule has 0 spiro atoms. The van der Waals surface area contributed by atoms with Gasteiger partial charge in [0.2, 0.25) is 5.91 Å². The van der Waals surface area contributed by atoms with Crippen molar-refractivity contribution in [2.75, 3.05) is 12.7 Å². The van der Waals surface area contributed by atoms with Crippen LogP contribution in [0.1, 0.15) is 109 Å². The lowest BCUT2D eigenvalue weighted by atomic mass is 9.57. The van der Waals surface area contributed by atoms with Gasteiger partial charge < -0.3 is 19.9 Å². The Morgan fingerprint density at radius 2 is 1.89 bits per heavy atom. The first kappa shape index (κ1) is 35.9. The van der Waals surface area contributed by atoms with Crippen LogP contribution < -0.4 is 10.6 Å². The lowest BCUT2D eigenvalue weighted by molar-refractivity contribution is -0.154. The molecule has 1 saturated carbocycles. The monoisotopic (exact) mass is 629 g/mol. The van der Waals surface area contributed by atoms with Crippen LogP contribution in [0.15, 0.2) is 23.7 Å². The third kappa shape index (κ3) is 8.78. The third-order valence-electron chi connectivity index (χ3n) is 9.16. The van der Waals surface area contributed by atoms with E-state index in [9.17, 15) is 14.4 Å². The lowest BCUT2D eigenvalue weighted by Gasteiger charge is -2.56. The number of unbranched alkanes of at least 4 members (excludes halogenated alkanes) is 2. The van der Waals surface area contributed by atoms with Gasteiger partial charge in [-0.15, -0.1) is 9.24 Å². The van der Waals surface area contributed by atoms with Gasteiger partial charge in [0.25, 0.3) is 5.91 Å². The number of ketones is 1. The maximum atomic E-state index is 13.5. The second kappa shape index (κ2) is 16.1. The van der Waals surface area contributed by atoms with Crippen molar-refractivity contribution in [1.82, 2.24) is 20.6 Å². The minimum atomic E-state index is -0.807. The van der Waals surface area contributed by atoms with E-state index in [0.29, 0.717) is 38.4 Å². The molecule has 242 valence electrons. The van der Waals surface area contributed by atoms with Crippen LogP contribution in [-0.4, -0.2) is 70.6 Å². The normalized spacial score (nSPS) is 23.8. The van der Waals surface area contributed by atoms with E-state index in [1.165, 1.54) is 18.6 Å². The Morgan fingerprint density at radius 3 is 2.55 bits per heavy atom. The molecule has 1 aliphatic heterocycles. The van der Waals surface area contributed by atoms with Crippen LogP contribution in [0.25, 0.3) is 10.4 Å². The first-order chi connectivity index (χ1) is 20.9. The maximum absolute atomic E-state index is 13.5. The van der Waals surface area contributed by atoms with Crippen molar-refractivity contribution in [2.24, 2.45) is 16.4 Å². The molecule has 12 nitrogen and oxygen atoms in total. The van der Waals surface area contributed by atoms with Crippen molar-refractivity contribution >= 4 is 34.0 Å². The number of amides is 2. The second-order valence-electron chi connectivity index (χ2n) is 13.3. The predicted octanol–water partition coefficient (Wildman–Crippen LogP) is 4.98. The summed E-state index contributed by atoms with van der Waals surface area (Å²) in [7, 11) is 1.81. The second-order valence-corrected chi connectivity index (χ2v) is 13.8. The first-order valence-corrected chi connectivity index (χ1v) is 16.6. The van der Waals surface area contributed by atoms with Crippen LogP contribution in [-0.2, 0) is 18.9 Å². The van der Waals surface area contributed by atoms with Gasteiger partial charge in [-0.3, -0.25) is 19.4 Å². The van der Waals surface area contributed by atoms with Crippen LogP contribution in [0.2, 0.25) is 0 Å². The van der Waals surface area contributed by atoms with Gasteiger partial charge in [0.1, 0.15) is 17.5 Å². The number of carbonyl (C=O) groups is 3. The summed E-state index contributed by atoms with van der Waals surface area (Å²) >= 11 is 0. The summed E-state index contributed by atoms with van der Waals surface area (Å²) in [6.45, 7) is 11.1. The zero-order valence-electron chi connectivity index (χ0n) is 26.9. The summed E-state index contributed by atoms with van der Waals surface area (Å²) in [5, 5.41) is 9.45. The molecule has 2 heterocycles.